The van der Waals surface area contributed by atoms with Crippen LogP contribution in [0.1, 0.15) is 31.7 Å². The molecular weight excluding hydrogens is 224 g/mol. The van der Waals surface area contributed by atoms with E-state index in [1.807, 2.05) is 6.92 Å². The van der Waals surface area contributed by atoms with Gasteiger partial charge in [-0.1, -0.05) is 19.9 Å². The second-order valence-electron chi connectivity index (χ2n) is 3.74. The van der Waals surface area contributed by atoms with Gasteiger partial charge in [0.25, 0.3) is 0 Å². The first-order valence-electron chi connectivity index (χ1n) is 5.23. The van der Waals surface area contributed by atoms with Crippen LogP contribution in [0.4, 0.5) is 0 Å². The molecule has 0 spiro atoms. The number of rotatable bonds is 4. The molecule has 0 saturated heterocycles. The van der Waals surface area contributed by atoms with Crippen LogP contribution >= 0.6 is 23.6 Å². The lowest BCUT2D eigenvalue weighted by Gasteiger charge is -2.22. The third kappa shape index (κ3) is 3.80. The fraction of sp³-hybridized carbons (Fsp3) is 0.545. The van der Waals surface area contributed by atoms with E-state index in [-0.39, 0.29) is 0 Å². The van der Waals surface area contributed by atoms with Crippen LogP contribution in [0.2, 0.25) is 0 Å². The molecule has 0 fully saturated rings. The lowest BCUT2D eigenvalue weighted by Crippen LogP contribution is -2.39. The Bertz CT molecular complexity index is 294. The van der Waals surface area contributed by atoms with Crippen LogP contribution in [0.15, 0.2) is 17.5 Å². The van der Waals surface area contributed by atoms with Gasteiger partial charge in [0, 0.05) is 11.4 Å². The quantitative estimate of drug-likeness (QED) is 0.794. The first kappa shape index (κ1) is 12.5. The second-order valence-corrected chi connectivity index (χ2v) is 5.13. The Balaban J connectivity index is 2.64. The van der Waals surface area contributed by atoms with Gasteiger partial charge in [0.05, 0.1) is 6.04 Å². The van der Waals surface area contributed by atoms with E-state index in [9.17, 15) is 0 Å². The Morgan fingerprint density at radius 3 is 2.73 bits per heavy atom. The molecule has 2 nitrogen and oxygen atoms in total. The minimum absolute atomic E-state index is 0.316. The van der Waals surface area contributed by atoms with Crippen molar-refractivity contribution in [2.75, 3.05) is 6.54 Å². The number of thiocarbonyl (C=S) groups is 1. The molecule has 0 bridgehead atoms. The Morgan fingerprint density at radius 2 is 2.27 bits per heavy atom. The maximum atomic E-state index is 5.21. The highest BCUT2D eigenvalue weighted by atomic mass is 32.1. The molecule has 0 saturated carbocycles. The van der Waals surface area contributed by atoms with Gasteiger partial charge >= 0.3 is 0 Å². The summed E-state index contributed by atoms with van der Waals surface area (Å²) in [6, 6.07) is 4.54. The topological polar surface area (TPSA) is 24.1 Å². The summed E-state index contributed by atoms with van der Waals surface area (Å²) in [5.74, 6) is 0.528. The molecule has 0 radical (unpaired) electrons. The minimum atomic E-state index is 0.316. The summed E-state index contributed by atoms with van der Waals surface area (Å²) in [6.45, 7) is 7.31. The average Bonchev–Trinajstić information content (AvgIpc) is 2.66. The molecule has 0 aromatic carbocycles. The summed E-state index contributed by atoms with van der Waals surface area (Å²) in [5, 5.41) is 9.31. The van der Waals surface area contributed by atoms with Crippen molar-refractivity contribution in [3.05, 3.63) is 22.4 Å². The number of hydrogen-bond acceptors (Lipinski definition) is 2. The van der Waals surface area contributed by atoms with Crippen LogP contribution < -0.4 is 10.6 Å². The second kappa shape index (κ2) is 6.08. The number of thiophene rings is 1. The molecule has 1 rings (SSSR count). The molecule has 0 amide bonds. The fourth-order valence-corrected chi connectivity index (χ4v) is 2.61. The third-order valence-electron chi connectivity index (χ3n) is 2.14. The van der Waals surface area contributed by atoms with Crippen LogP contribution in [-0.4, -0.2) is 11.7 Å². The SMILES string of the molecule is CCNC(=S)NC(c1cccs1)C(C)C. The zero-order valence-corrected chi connectivity index (χ0v) is 11.0. The Kier molecular flexibility index (Phi) is 5.05. The lowest BCUT2D eigenvalue weighted by atomic mass is 10.0. The molecule has 84 valence electrons. The molecule has 0 aliphatic heterocycles. The van der Waals surface area contributed by atoms with Gasteiger partial charge < -0.3 is 10.6 Å². The molecule has 0 aliphatic rings. The van der Waals surface area contributed by atoms with Gasteiger partial charge in [-0.05, 0) is 36.5 Å². The third-order valence-corrected chi connectivity index (χ3v) is 3.36. The molecule has 1 aromatic heterocycles. The van der Waals surface area contributed by atoms with Crippen molar-refractivity contribution in [1.29, 1.82) is 0 Å². The van der Waals surface area contributed by atoms with E-state index >= 15 is 0 Å². The van der Waals surface area contributed by atoms with Crippen LogP contribution in [0.5, 0.6) is 0 Å². The summed E-state index contributed by atoms with van der Waals surface area (Å²) in [6.07, 6.45) is 0. The van der Waals surface area contributed by atoms with E-state index in [1.165, 1.54) is 4.88 Å². The highest BCUT2D eigenvalue weighted by molar-refractivity contribution is 7.80. The summed E-state index contributed by atoms with van der Waals surface area (Å²) in [4.78, 5) is 1.34. The molecule has 2 N–H and O–H groups in total. The van der Waals surface area contributed by atoms with E-state index < -0.39 is 0 Å². The van der Waals surface area contributed by atoms with Gasteiger partial charge in [-0.25, -0.2) is 0 Å². The van der Waals surface area contributed by atoms with E-state index in [1.54, 1.807) is 11.3 Å². The van der Waals surface area contributed by atoms with E-state index in [0.717, 1.165) is 11.7 Å². The number of nitrogens with one attached hydrogen (secondary N) is 2. The standard InChI is InChI=1S/C11H18N2S2/c1-4-12-11(14)13-10(8(2)3)9-6-5-7-15-9/h5-8,10H,4H2,1-3H3,(H2,12,13,14). The molecule has 4 heteroatoms. The zero-order valence-electron chi connectivity index (χ0n) is 9.41. The van der Waals surface area contributed by atoms with Gasteiger partial charge in [0.2, 0.25) is 0 Å². The molecule has 1 heterocycles. The summed E-state index contributed by atoms with van der Waals surface area (Å²) in [7, 11) is 0. The Labute approximate surface area is 101 Å². The highest BCUT2D eigenvalue weighted by Crippen LogP contribution is 2.25. The van der Waals surface area contributed by atoms with Gasteiger partial charge in [0.1, 0.15) is 0 Å². The van der Waals surface area contributed by atoms with E-state index in [0.29, 0.717) is 12.0 Å². The van der Waals surface area contributed by atoms with E-state index in [2.05, 4.69) is 42.0 Å². The van der Waals surface area contributed by atoms with Gasteiger partial charge in [-0.15, -0.1) is 11.3 Å². The van der Waals surface area contributed by atoms with Crippen molar-refractivity contribution in [3.8, 4) is 0 Å². The minimum Gasteiger partial charge on any atom is -0.363 e. The zero-order chi connectivity index (χ0) is 11.3. The smallest absolute Gasteiger partial charge is 0.166 e. The first-order valence-corrected chi connectivity index (χ1v) is 6.51. The van der Waals surface area contributed by atoms with Gasteiger partial charge in [0.15, 0.2) is 5.11 Å². The normalized spacial score (nSPS) is 12.5. The van der Waals surface area contributed by atoms with Crippen molar-refractivity contribution >= 4 is 28.7 Å². The van der Waals surface area contributed by atoms with Crippen molar-refractivity contribution in [2.45, 2.75) is 26.8 Å². The van der Waals surface area contributed by atoms with Crippen LogP contribution in [-0.2, 0) is 0 Å². The average molecular weight is 242 g/mol. The van der Waals surface area contributed by atoms with Crippen molar-refractivity contribution < 1.29 is 0 Å². The predicted octanol–water partition coefficient (Wildman–Crippen LogP) is 2.93. The summed E-state index contributed by atoms with van der Waals surface area (Å²) < 4.78 is 0. The molecular formula is C11H18N2S2. The fourth-order valence-electron chi connectivity index (χ4n) is 1.39. The molecule has 0 aliphatic carbocycles. The summed E-state index contributed by atoms with van der Waals surface area (Å²) >= 11 is 6.97. The van der Waals surface area contributed by atoms with Crippen molar-refractivity contribution in [3.63, 3.8) is 0 Å². The largest absolute Gasteiger partial charge is 0.363 e. The van der Waals surface area contributed by atoms with E-state index in [4.69, 9.17) is 12.2 Å². The molecule has 1 atom stereocenters. The van der Waals surface area contributed by atoms with Crippen LogP contribution in [0.3, 0.4) is 0 Å². The highest BCUT2D eigenvalue weighted by Gasteiger charge is 2.17. The van der Waals surface area contributed by atoms with Gasteiger partial charge in [-0.2, -0.15) is 0 Å². The Morgan fingerprint density at radius 1 is 1.53 bits per heavy atom. The summed E-state index contributed by atoms with van der Waals surface area (Å²) in [5.41, 5.74) is 0. The lowest BCUT2D eigenvalue weighted by molar-refractivity contribution is 0.476. The van der Waals surface area contributed by atoms with Crippen molar-refractivity contribution in [2.24, 2.45) is 5.92 Å². The number of hydrogen-bond donors (Lipinski definition) is 2. The predicted molar refractivity (Wildman–Crippen MR) is 71.3 cm³/mol. The monoisotopic (exact) mass is 242 g/mol. The Hall–Kier alpha value is -0.610. The maximum Gasteiger partial charge on any atom is 0.166 e. The van der Waals surface area contributed by atoms with Gasteiger partial charge in [-0.3, -0.25) is 0 Å². The van der Waals surface area contributed by atoms with Crippen molar-refractivity contribution in [1.82, 2.24) is 10.6 Å². The van der Waals surface area contributed by atoms with Crippen LogP contribution in [0.25, 0.3) is 0 Å². The molecule has 1 aromatic rings. The molecule has 15 heavy (non-hydrogen) atoms. The molecule has 1 unspecified atom stereocenters. The maximum absolute atomic E-state index is 5.21. The van der Waals surface area contributed by atoms with Crippen LogP contribution in [0, 0.1) is 5.92 Å². The first-order chi connectivity index (χ1) is 7.15.